The molecule has 0 atom stereocenters. The molecule has 0 aliphatic carbocycles. The lowest BCUT2D eigenvalue weighted by Crippen LogP contribution is -2.16. The van der Waals surface area contributed by atoms with Gasteiger partial charge in [-0.05, 0) is 36.9 Å². The monoisotopic (exact) mass is 326 g/mol. The maximum atomic E-state index is 4.63. The van der Waals surface area contributed by atoms with Gasteiger partial charge in [0.05, 0.1) is 0 Å². The van der Waals surface area contributed by atoms with E-state index in [-0.39, 0.29) is 5.41 Å². The maximum absolute atomic E-state index is 4.63. The van der Waals surface area contributed by atoms with Crippen LogP contribution in [-0.4, -0.2) is 30.1 Å². The summed E-state index contributed by atoms with van der Waals surface area (Å²) in [5.74, 6) is 1.54. The van der Waals surface area contributed by atoms with Gasteiger partial charge < -0.3 is 0 Å². The first-order valence-corrected chi connectivity index (χ1v) is 8.10. The summed E-state index contributed by atoms with van der Waals surface area (Å²) >= 11 is 1.43. The summed E-state index contributed by atoms with van der Waals surface area (Å²) in [5.41, 5.74) is 1.80. The number of aromatic amines is 1. The lowest BCUT2D eigenvalue weighted by molar-refractivity contribution is 0.536. The second kappa shape index (κ2) is 6.08. The molecule has 3 rings (SSSR count). The Balaban J connectivity index is 1.86. The van der Waals surface area contributed by atoms with Gasteiger partial charge in [0.1, 0.15) is 10.9 Å². The normalized spacial score (nSPS) is 11.7. The van der Waals surface area contributed by atoms with Gasteiger partial charge in [-0.2, -0.15) is 0 Å². The minimum absolute atomic E-state index is 0.0947. The molecule has 0 aliphatic heterocycles. The summed E-state index contributed by atoms with van der Waals surface area (Å²) in [6, 6.07) is 5.73. The van der Waals surface area contributed by atoms with Crippen molar-refractivity contribution in [3.8, 4) is 11.4 Å². The average molecular weight is 326 g/mol. The summed E-state index contributed by atoms with van der Waals surface area (Å²) in [6.07, 6.45) is 3.46. The Morgan fingerprint density at radius 3 is 2.48 bits per heavy atom. The van der Waals surface area contributed by atoms with Crippen molar-refractivity contribution in [2.75, 3.05) is 0 Å². The Morgan fingerprint density at radius 1 is 1.04 bits per heavy atom. The number of H-pyrrole nitrogens is 1. The number of aromatic nitrogens is 6. The number of pyridine rings is 1. The Labute approximate surface area is 139 Å². The second-order valence-corrected chi connectivity index (χ2v) is 7.21. The molecule has 3 heterocycles. The summed E-state index contributed by atoms with van der Waals surface area (Å²) in [6.45, 7) is 8.28. The zero-order chi connectivity index (χ0) is 16.4. The SMILES string of the molecule is Cc1cc(Sc2n[nH]c(-c3ccncc3)n2)nc(C(C)(C)C)n1. The molecule has 0 bridgehead atoms. The second-order valence-electron chi connectivity index (χ2n) is 6.23. The van der Waals surface area contributed by atoms with E-state index in [0.29, 0.717) is 5.16 Å². The van der Waals surface area contributed by atoms with E-state index in [1.54, 1.807) is 12.4 Å². The third-order valence-electron chi connectivity index (χ3n) is 3.12. The van der Waals surface area contributed by atoms with Gasteiger partial charge in [0.2, 0.25) is 5.16 Å². The van der Waals surface area contributed by atoms with Crippen molar-refractivity contribution in [1.29, 1.82) is 0 Å². The van der Waals surface area contributed by atoms with Crippen molar-refractivity contribution >= 4 is 11.8 Å². The summed E-state index contributed by atoms with van der Waals surface area (Å²) < 4.78 is 0. The summed E-state index contributed by atoms with van der Waals surface area (Å²) in [7, 11) is 0. The van der Waals surface area contributed by atoms with Crippen molar-refractivity contribution in [3.05, 3.63) is 42.1 Å². The molecule has 1 N–H and O–H groups in total. The molecule has 3 aromatic rings. The number of hydrogen-bond donors (Lipinski definition) is 1. The van der Waals surface area contributed by atoms with E-state index in [4.69, 9.17) is 0 Å². The van der Waals surface area contributed by atoms with Crippen molar-refractivity contribution in [1.82, 2.24) is 30.1 Å². The van der Waals surface area contributed by atoms with Crippen LogP contribution in [0.4, 0.5) is 0 Å². The zero-order valence-electron chi connectivity index (χ0n) is 13.5. The Kier molecular flexibility index (Phi) is 4.12. The Bertz CT molecular complexity index is 807. The van der Waals surface area contributed by atoms with Crippen molar-refractivity contribution in [2.24, 2.45) is 0 Å². The Morgan fingerprint density at radius 2 is 1.78 bits per heavy atom. The smallest absolute Gasteiger partial charge is 0.215 e. The molecule has 23 heavy (non-hydrogen) atoms. The molecule has 0 spiro atoms. The minimum atomic E-state index is -0.0947. The molecule has 0 fully saturated rings. The third-order valence-corrected chi connectivity index (χ3v) is 3.90. The molecular formula is C16H18N6S. The summed E-state index contributed by atoms with van der Waals surface area (Å²) in [4.78, 5) is 17.7. The molecule has 118 valence electrons. The molecule has 0 radical (unpaired) electrons. The van der Waals surface area contributed by atoms with E-state index in [9.17, 15) is 0 Å². The van der Waals surface area contributed by atoms with E-state index in [0.717, 1.165) is 27.9 Å². The van der Waals surface area contributed by atoms with Crippen LogP contribution in [0.25, 0.3) is 11.4 Å². The van der Waals surface area contributed by atoms with Gasteiger partial charge >= 0.3 is 0 Å². The van der Waals surface area contributed by atoms with Crippen LogP contribution < -0.4 is 0 Å². The van der Waals surface area contributed by atoms with Gasteiger partial charge in [-0.25, -0.2) is 15.0 Å². The van der Waals surface area contributed by atoms with Crippen LogP contribution in [0.2, 0.25) is 0 Å². The number of nitrogens with one attached hydrogen (secondary N) is 1. The van der Waals surface area contributed by atoms with Gasteiger partial charge in [0, 0.05) is 29.1 Å². The molecule has 0 saturated carbocycles. The third kappa shape index (κ3) is 3.73. The first-order chi connectivity index (χ1) is 10.9. The minimum Gasteiger partial charge on any atom is -0.265 e. The predicted molar refractivity (Wildman–Crippen MR) is 89.2 cm³/mol. The number of aryl methyl sites for hydroxylation is 1. The number of nitrogens with zero attached hydrogens (tertiary/aromatic N) is 5. The maximum Gasteiger partial charge on any atom is 0.215 e. The average Bonchev–Trinajstić information content (AvgIpc) is 2.95. The van der Waals surface area contributed by atoms with Gasteiger partial charge in [-0.15, -0.1) is 5.10 Å². The predicted octanol–water partition coefficient (Wildman–Crippen LogP) is 3.41. The van der Waals surface area contributed by atoms with Gasteiger partial charge in [-0.3, -0.25) is 10.1 Å². The zero-order valence-corrected chi connectivity index (χ0v) is 14.3. The van der Waals surface area contributed by atoms with Crippen LogP contribution in [0.1, 0.15) is 32.3 Å². The molecule has 0 saturated heterocycles. The van der Waals surface area contributed by atoms with Gasteiger partial charge in [-0.1, -0.05) is 20.8 Å². The van der Waals surface area contributed by atoms with Crippen LogP contribution in [0.3, 0.4) is 0 Å². The Hall–Kier alpha value is -2.28. The van der Waals surface area contributed by atoms with Crippen LogP contribution in [0.15, 0.2) is 40.8 Å². The molecule has 6 nitrogen and oxygen atoms in total. The van der Waals surface area contributed by atoms with Crippen molar-refractivity contribution in [2.45, 2.75) is 43.3 Å². The van der Waals surface area contributed by atoms with Gasteiger partial charge in [0.15, 0.2) is 5.82 Å². The van der Waals surface area contributed by atoms with Gasteiger partial charge in [0.25, 0.3) is 0 Å². The quantitative estimate of drug-likeness (QED) is 0.743. The molecule has 3 aromatic heterocycles. The first-order valence-electron chi connectivity index (χ1n) is 7.28. The molecule has 0 aliphatic rings. The molecule has 0 amide bonds. The van der Waals surface area contributed by atoms with Crippen molar-refractivity contribution in [3.63, 3.8) is 0 Å². The highest BCUT2D eigenvalue weighted by Gasteiger charge is 2.19. The molecule has 0 unspecified atom stereocenters. The molecular weight excluding hydrogens is 308 g/mol. The number of rotatable bonds is 3. The van der Waals surface area contributed by atoms with Crippen LogP contribution in [0.5, 0.6) is 0 Å². The highest BCUT2D eigenvalue weighted by molar-refractivity contribution is 7.99. The van der Waals surface area contributed by atoms with Crippen LogP contribution in [0, 0.1) is 6.92 Å². The van der Waals surface area contributed by atoms with E-state index in [1.165, 1.54) is 11.8 Å². The molecule has 7 heteroatoms. The number of hydrogen-bond acceptors (Lipinski definition) is 6. The van der Waals surface area contributed by atoms with E-state index in [1.807, 2.05) is 25.1 Å². The van der Waals surface area contributed by atoms with E-state index < -0.39 is 0 Å². The highest BCUT2D eigenvalue weighted by atomic mass is 32.2. The fourth-order valence-electron chi connectivity index (χ4n) is 1.95. The lowest BCUT2D eigenvalue weighted by Gasteiger charge is -2.17. The van der Waals surface area contributed by atoms with E-state index in [2.05, 4.69) is 50.9 Å². The standard InChI is InChI=1S/C16H18N6S/c1-10-9-12(19-14(18-10)16(2,3)4)23-15-20-13(21-22-15)11-5-7-17-8-6-11/h5-9H,1-4H3,(H,20,21,22). The fraction of sp³-hybridized carbons (Fsp3) is 0.312. The fourth-order valence-corrected chi connectivity index (χ4v) is 2.73. The summed E-state index contributed by atoms with van der Waals surface area (Å²) in [5, 5.41) is 8.69. The lowest BCUT2D eigenvalue weighted by atomic mass is 9.96. The van der Waals surface area contributed by atoms with Crippen LogP contribution in [-0.2, 0) is 5.41 Å². The van der Waals surface area contributed by atoms with Crippen LogP contribution >= 0.6 is 11.8 Å². The van der Waals surface area contributed by atoms with E-state index >= 15 is 0 Å². The first kappa shape index (κ1) is 15.6. The molecule has 0 aromatic carbocycles. The van der Waals surface area contributed by atoms with Crippen molar-refractivity contribution < 1.29 is 0 Å². The largest absolute Gasteiger partial charge is 0.265 e. The topological polar surface area (TPSA) is 80.2 Å². The highest BCUT2D eigenvalue weighted by Crippen LogP contribution is 2.27.